The lowest BCUT2D eigenvalue weighted by Gasteiger charge is -2.25. The van der Waals surface area contributed by atoms with E-state index < -0.39 is 23.5 Å². The van der Waals surface area contributed by atoms with E-state index >= 15 is 0 Å². The fraction of sp³-hybridized carbons (Fsp3) is 0.323. The lowest BCUT2D eigenvalue weighted by molar-refractivity contribution is -0.117. The number of Topliss-reactive ketones (excluding diaryl/α,β-unsaturated/α-hetero) is 1. The van der Waals surface area contributed by atoms with Crippen LogP contribution in [0.25, 0.3) is 10.2 Å². The largest absolute Gasteiger partial charge is 0.503 e. The molecule has 2 aromatic heterocycles. The Kier molecular flexibility index (Phi) is 7.93. The van der Waals surface area contributed by atoms with Gasteiger partial charge in [-0.25, -0.2) is 4.98 Å². The van der Waals surface area contributed by atoms with Crippen molar-refractivity contribution >= 4 is 38.4 Å². The lowest BCUT2D eigenvalue weighted by Crippen LogP contribution is -2.31. The molecule has 0 bridgehead atoms. The standard InChI is InChI=1S/C31H32N2O6S/c1-5-7-8-15-38-22-14-11-20(17-24(22)37-6-2)27-26(28(34)23-13-10-19(4)39-23)29(35)30(36)33(27)31-32-21-12-9-18(3)16-25(21)40-31/h9-14,16-17,27,35H,5-8,15H2,1-4H3. The van der Waals surface area contributed by atoms with Crippen molar-refractivity contribution in [3.8, 4) is 11.5 Å². The number of hydrogen-bond acceptors (Lipinski definition) is 8. The van der Waals surface area contributed by atoms with Gasteiger partial charge in [0.2, 0.25) is 5.78 Å². The summed E-state index contributed by atoms with van der Waals surface area (Å²) < 4.78 is 18.4. The first-order chi connectivity index (χ1) is 19.3. The maximum Gasteiger partial charge on any atom is 0.296 e. The quantitative estimate of drug-likeness (QED) is 0.152. The van der Waals surface area contributed by atoms with Gasteiger partial charge in [-0.05, 0) is 74.7 Å². The fourth-order valence-corrected chi connectivity index (χ4v) is 5.87. The molecular weight excluding hydrogens is 528 g/mol. The number of rotatable bonds is 11. The van der Waals surface area contributed by atoms with Crippen LogP contribution in [-0.4, -0.2) is 35.0 Å². The number of hydrogen-bond donors (Lipinski definition) is 1. The second-order valence-electron chi connectivity index (χ2n) is 9.74. The van der Waals surface area contributed by atoms with Gasteiger partial charge in [0.15, 0.2) is 28.1 Å². The molecule has 1 aliphatic rings. The van der Waals surface area contributed by atoms with Crippen molar-refractivity contribution in [2.75, 3.05) is 18.1 Å². The number of amides is 1. The van der Waals surface area contributed by atoms with Gasteiger partial charge in [0.25, 0.3) is 5.91 Å². The number of nitrogens with zero attached hydrogens (tertiary/aromatic N) is 2. The minimum atomic E-state index is -0.958. The Labute approximate surface area is 236 Å². The second-order valence-corrected chi connectivity index (χ2v) is 10.8. The molecule has 9 heteroatoms. The van der Waals surface area contributed by atoms with Crippen LogP contribution in [0.3, 0.4) is 0 Å². The monoisotopic (exact) mass is 560 g/mol. The molecule has 0 saturated carbocycles. The summed E-state index contributed by atoms with van der Waals surface area (Å²) in [7, 11) is 0. The number of aromatic nitrogens is 1. The molecule has 1 N–H and O–H groups in total. The average molecular weight is 561 g/mol. The molecule has 2 aromatic carbocycles. The zero-order valence-electron chi connectivity index (χ0n) is 23.0. The SMILES string of the molecule is CCCCCOc1ccc(C2C(C(=O)c3ccc(C)o3)=C(O)C(=O)N2c2nc3ccc(C)cc3s2)cc1OCC. The zero-order chi connectivity index (χ0) is 28.4. The number of unbranched alkanes of at least 4 members (excludes halogenated alkanes) is 2. The molecule has 3 heterocycles. The van der Waals surface area contributed by atoms with Crippen LogP contribution in [0.5, 0.6) is 11.5 Å². The van der Waals surface area contributed by atoms with Crippen LogP contribution in [-0.2, 0) is 4.79 Å². The van der Waals surface area contributed by atoms with E-state index in [1.165, 1.54) is 16.2 Å². The van der Waals surface area contributed by atoms with Crippen LogP contribution in [0, 0.1) is 13.8 Å². The van der Waals surface area contributed by atoms with Gasteiger partial charge in [-0.15, -0.1) is 0 Å². The summed E-state index contributed by atoms with van der Waals surface area (Å²) in [4.78, 5) is 33.4. The third kappa shape index (κ3) is 5.21. The molecule has 0 saturated heterocycles. The molecule has 4 aromatic rings. The number of furan rings is 1. The number of aryl methyl sites for hydroxylation is 2. The van der Waals surface area contributed by atoms with Crippen molar-refractivity contribution < 1.29 is 28.6 Å². The molecule has 0 fully saturated rings. The molecule has 8 nitrogen and oxygen atoms in total. The molecule has 40 heavy (non-hydrogen) atoms. The third-order valence-electron chi connectivity index (χ3n) is 6.74. The summed E-state index contributed by atoms with van der Waals surface area (Å²) in [6, 6.07) is 13.4. The lowest BCUT2D eigenvalue weighted by atomic mass is 9.95. The summed E-state index contributed by atoms with van der Waals surface area (Å²) >= 11 is 1.33. The van der Waals surface area contributed by atoms with E-state index in [9.17, 15) is 14.7 Å². The van der Waals surface area contributed by atoms with Gasteiger partial charge < -0.3 is 19.0 Å². The van der Waals surface area contributed by atoms with Crippen molar-refractivity contribution in [2.45, 2.75) is 53.0 Å². The number of aliphatic hydroxyl groups excluding tert-OH is 1. The number of fused-ring (bicyclic) bond motifs is 1. The average Bonchev–Trinajstić information content (AvgIpc) is 3.62. The van der Waals surface area contributed by atoms with E-state index in [-0.39, 0.29) is 11.3 Å². The summed E-state index contributed by atoms with van der Waals surface area (Å²) in [6.07, 6.45) is 3.06. The molecule has 5 rings (SSSR count). The first kappa shape index (κ1) is 27.5. The molecule has 1 unspecified atom stereocenters. The highest BCUT2D eigenvalue weighted by molar-refractivity contribution is 7.22. The van der Waals surface area contributed by atoms with Crippen LogP contribution < -0.4 is 14.4 Å². The predicted octanol–water partition coefficient (Wildman–Crippen LogP) is 7.26. The number of aliphatic hydroxyl groups is 1. The number of anilines is 1. The Morgan fingerprint density at radius 1 is 1.05 bits per heavy atom. The highest BCUT2D eigenvalue weighted by Crippen LogP contribution is 2.46. The number of carbonyl (C=O) groups excluding carboxylic acids is 2. The Balaban J connectivity index is 1.62. The maximum absolute atomic E-state index is 13.7. The van der Waals surface area contributed by atoms with Crippen molar-refractivity contribution in [2.24, 2.45) is 0 Å². The first-order valence-corrected chi connectivity index (χ1v) is 14.3. The van der Waals surface area contributed by atoms with Gasteiger partial charge in [0, 0.05) is 0 Å². The van der Waals surface area contributed by atoms with Gasteiger partial charge in [-0.1, -0.05) is 43.2 Å². The third-order valence-corrected chi connectivity index (χ3v) is 7.76. The van der Waals surface area contributed by atoms with Gasteiger partial charge in [-0.3, -0.25) is 14.5 Å². The van der Waals surface area contributed by atoms with Crippen LogP contribution in [0.4, 0.5) is 5.13 Å². The molecule has 0 aliphatic carbocycles. The predicted molar refractivity (Wildman–Crippen MR) is 155 cm³/mol. The topological polar surface area (TPSA) is 102 Å². The van der Waals surface area contributed by atoms with Crippen LogP contribution >= 0.6 is 11.3 Å². The number of carbonyl (C=O) groups is 2. The van der Waals surface area contributed by atoms with Crippen LogP contribution in [0.15, 0.2) is 64.3 Å². The van der Waals surface area contributed by atoms with E-state index in [4.69, 9.17) is 18.9 Å². The second kappa shape index (κ2) is 11.6. The van der Waals surface area contributed by atoms with E-state index in [1.54, 1.807) is 37.3 Å². The highest BCUT2D eigenvalue weighted by atomic mass is 32.1. The Hall–Kier alpha value is -4.11. The number of thiazole rings is 1. The van der Waals surface area contributed by atoms with E-state index in [0.29, 0.717) is 41.2 Å². The van der Waals surface area contributed by atoms with Crippen molar-refractivity contribution in [1.29, 1.82) is 0 Å². The Morgan fingerprint density at radius 2 is 1.88 bits per heavy atom. The Bertz CT molecular complexity index is 1600. The van der Waals surface area contributed by atoms with Gasteiger partial charge in [-0.2, -0.15) is 0 Å². The zero-order valence-corrected chi connectivity index (χ0v) is 23.8. The minimum Gasteiger partial charge on any atom is -0.503 e. The van der Waals surface area contributed by atoms with Gasteiger partial charge in [0.1, 0.15) is 5.76 Å². The molecule has 1 amide bonds. The normalized spacial score (nSPS) is 15.3. The smallest absolute Gasteiger partial charge is 0.296 e. The highest BCUT2D eigenvalue weighted by Gasteiger charge is 2.46. The van der Waals surface area contributed by atoms with Gasteiger partial charge >= 0.3 is 0 Å². The van der Waals surface area contributed by atoms with Crippen LogP contribution in [0.2, 0.25) is 0 Å². The number of ether oxygens (including phenoxy) is 2. The molecular formula is C31H32N2O6S. The molecule has 0 spiro atoms. The summed E-state index contributed by atoms with van der Waals surface area (Å²) in [5.74, 6) is -0.235. The molecule has 0 radical (unpaired) electrons. The summed E-state index contributed by atoms with van der Waals surface area (Å²) in [5.41, 5.74) is 2.29. The molecule has 1 atom stereocenters. The first-order valence-electron chi connectivity index (χ1n) is 13.5. The number of ketones is 1. The molecule has 208 valence electrons. The van der Waals surface area contributed by atoms with Gasteiger partial charge in [0.05, 0.1) is 35.0 Å². The minimum absolute atomic E-state index is 0.0412. The van der Waals surface area contributed by atoms with Crippen molar-refractivity contribution in [3.05, 3.63) is 82.5 Å². The van der Waals surface area contributed by atoms with E-state index in [0.717, 1.165) is 35.0 Å². The van der Waals surface area contributed by atoms with E-state index in [2.05, 4.69) is 6.92 Å². The van der Waals surface area contributed by atoms with Crippen molar-refractivity contribution in [1.82, 2.24) is 4.98 Å². The molecule has 1 aliphatic heterocycles. The maximum atomic E-state index is 13.7. The number of benzene rings is 2. The fourth-order valence-electron chi connectivity index (χ4n) is 4.78. The van der Waals surface area contributed by atoms with E-state index in [1.807, 2.05) is 32.0 Å². The summed E-state index contributed by atoms with van der Waals surface area (Å²) in [5, 5.41) is 11.5. The Morgan fingerprint density at radius 3 is 2.60 bits per heavy atom. The summed E-state index contributed by atoms with van der Waals surface area (Å²) in [6.45, 7) is 8.67. The van der Waals surface area contributed by atoms with Crippen molar-refractivity contribution in [3.63, 3.8) is 0 Å². The van der Waals surface area contributed by atoms with Crippen LogP contribution in [0.1, 0.15) is 66.6 Å².